The zero-order valence-electron chi connectivity index (χ0n) is 16.3. The summed E-state index contributed by atoms with van der Waals surface area (Å²) in [6.45, 7) is 1.94. The fraction of sp³-hybridized carbons (Fsp3) is 0.304. The summed E-state index contributed by atoms with van der Waals surface area (Å²) in [5.41, 5.74) is 2.40. The lowest BCUT2D eigenvalue weighted by molar-refractivity contribution is -0.138. The van der Waals surface area contributed by atoms with Crippen LogP contribution < -0.4 is 10.6 Å². The van der Waals surface area contributed by atoms with Crippen LogP contribution >= 0.6 is 0 Å². The van der Waals surface area contributed by atoms with E-state index in [1.165, 1.54) is 0 Å². The number of nitriles is 1. The number of hydrogen-bond donors (Lipinski definition) is 2. The maximum atomic E-state index is 12.5. The number of aryl methyl sites for hydroxylation is 1. The van der Waals surface area contributed by atoms with Gasteiger partial charge in [-0.05, 0) is 54.7 Å². The summed E-state index contributed by atoms with van der Waals surface area (Å²) in [6, 6.07) is 16.5. The zero-order chi connectivity index (χ0) is 20.9. The molecule has 6 nitrogen and oxygen atoms in total. The number of anilines is 1. The van der Waals surface area contributed by atoms with Crippen molar-refractivity contribution in [3.05, 3.63) is 65.2 Å². The van der Waals surface area contributed by atoms with Crippen molar-refractivity contribution < 1.29 is 14.4 Å². The van der Waals surface area contributed by atoms with Crippen LogP contribution in [0, 0.1) is 11.3 Å². The molecule has 1 aliphatic rings. The van der Waals surface area contributed by atoms with Gasteiger partial charge >= 0.3 is 0 Å². The highest BCUT2D eigenvalue weighted by Gasteiger charge is 2.42. The molecule has 2 aromatic carbocycles. The number of nitrogens with zero attached hydrogens (tertiary/aromatic N) is 1. The van der Waals surface area contributed by atoms with Gasteiger partial charge in [-0.1, -0.05) is 31.2 Å². The Kier molecular flexibility index (Phi) is 6.08. The van der Waals surface area contributed by atoms with Crippen molar-refractivity contribution in [2.24, 2.45) is 0 Å². The topological polar surface area (TPSA) is 99.1 Å². The van der Waals surface area contributed by atoms with E-state index in [0.717, 1.165) is 11.1 Å². The molecular weight excluding hydrogens is 366 g/mol. The lowest BCUT2D eigenvalue weighted by Gasteiger charge is -2.35. The van der Waals surface area contributed by atoms with Gasteiger partial charge in [-0.15, -0.1) is 0 Å². The van der Waals surface area contributed by atoms with Gasteiger partial charge in [0.25, 0.3) is 0 Å². The number of nitrogens with one attached hydrogen (secondary N) is 2. The molecule has 6 heteroatoms. The van der Waals surface area contributed by atoms with Gasteiger partial charge in [0, 0.05) is 18.5 Å². The minimum absolute atomic E-state index is 0.103. The monoisotopic (exact) mass is 389 g/mol. The highest BCUT2D eigenvalue weighted by Crippen LogP contribution is 2.36. The molecule has 1 atom stereocenters. The van der Waals surface area contributed by atoms with Crippen molar-refractivity contribution in [1.29, 1.82) is 5.26 Å². The fourth-order valence-corrected chi connectivity index (χ4v) is 3.67. The second-order valence-corrected chi connectivity index (χ2v) is 7.25. The first-order chi connectivity index (χ1) is 14.0. The summed E-state index contributed by atoms with van der Waals surface area (Å²) in [5.74, 6) is -0.589. The van der Waals surface area contributed by atoms with Crippen LogP contribution in [0.15, 0.2) is 48.5 Å². The summed E-state index contributed by atoms with van der Waals surface area (Å²) < 4.78 is 0. The van der Waals surface area contributed by atoms with E-state index in [2.05, 4.69) is 16.7 Å². The number of carbonyl (C=O) groups excluding carboxylic acids is 3. The number of rotatable bonds is 6. The number of imide groups is 1. The van der Waals surface area contributed by atoms with E-state index >= 15 is 0 Å². The Hall–Kier alpha value is -3.46. The molecule has 3 rings (SSSR count). The van der Waals surface area contributed by atoms with Crippen LogP contribution in [-0.4, -0.2) is 17.7 Å². The third-order valence-corrected chi connectivity index (χ3v) is 5.52. The summed E-state index contributed by atoms with van der Waals surface area (Å²) in [7, 11) is 0. The van der Waals surface area contributed by atoms with Gasteiger partial charge in [0.2, 0.25) is 17.7 Å². The normalized spacial score (nSPS) is 18.6. The number of piperidine rings is 1. The molecule has 2 N–H and O–H groups in total. The summed E-state index contributed by atoms with van der Waals surface area (Å²) in [4.78, 5) is 36.2. The molecule has 1 fully saturated rings. The predicted molar refractivity (Wildman–Crippen MR) is 109 cm³/mol. The summed E-state index contributed by atoms with van der Waals surface area (Å²) in [5, 5.41) is 14.1. The van der Waals surface area contributed by atoms with Crippen LogP contribution in [-0.2, 0) is 26.2 Å². The molecule has 1 aliphatic heterocycles. The van der Waals surface area contributed by atoms with Crippen molar-refractivity contribution in [3.63, 3.8) is 0 Å². The highest BCUT2D eigenvalue weighted by molar-refractivity contribution is 6.03. The van der Waals surface area contributed by atoms with Gasteiger partial charge in [0.05, 0.1) is 17.0 Å². The lowest BCUT2D eigenvalue weighted by atomic mass is 9.72. The van der Waals surface area contributed by atoms with E-state index in [1.54, 1.807) is 24.3 Å². The van der Waals surface area contributed by atoms with Gasteiger partial charge in [-0.3, -0.25) is 19.7 Å². The second-order valence-electron chi connectivity index (χ2n) is 7.25. The minimum Gasteiger partial charge on any atom is -0.326 e. The van der Waals surface area contributed by atoms with Crippen LogP contribution in [0.3, 0.4) is 0 Å². The molecule has 0 saturated carbocycles. The van der Waals surface area contributed by atoms with Gasteiger partial charge in [0.15, 0.2) is 0 Å². The van der Waals surface area contributed by atoms with Crippen LogP contribution in [0.5, 0.6) is 0 Å². The van der Waals surface area contributed by atoms with Crippen LogP contribution in [0.4, 0.5) is 5.69 Å². The Bertz CT molecular complexity index is 958. The largest absolute Gasteiger partial charge is 0.326 e. The smallest absolute Gasteiger partial charge is 0.237 e. The molecule has 2 aromatic rings. The molecule has 148 valence electrons. The van der Waals surface area contributed by atoms with Gasteiger partial charge in [-0.2, -0.15) is 5.26 Å². The van der Waals surface area contributed by atoms with Gasteiger partial charge in [0.1, 0.15) is 0 Å². The molecule has 3 amide bonds. The second kappa shape index (κ2) is 8.70. The number of amides is 3. The third kappa shape index (κ3) is 4.52. The number of carbonyl (C=O) groups is 3. The Morgan fingerprint density at radius 1 is 1.14 bits per heavy atom. The van der Waals surface area contributed by atoms with E-state index in [1.807, 2.05) is 31.2 Å². The van der Waals surface area contributed by atoms with E-state index in [-0.39, 0.29) is 17.7 Å². The maximum Gasteiger partial charge on any atom is 0.237 e. The standard InChI is InChI=1S/C23H23N3O3/c1-2-23(14-13-21(28)26-22(23)29)18-8-10-19(11-9-18)25-20(27)12-7-16-3-5-17(15-24)6-4-16/h3-6,8-11H,2,7,12-14H2,1H3,(H,25,27)(H,26,28,29). The molecule has 1 unspecified atom stereocenters. The Morgan fingerprint density at radius 3 is 2.41 bits per heavy atom. The zero-order valence-corrected chi connectivity index (χ0v) is 16.3. The van der Waals surface area contributed by atoms with Crippen LogP contribution in [0.2, 0.25) is 0 Å². The summed E-state index contributed by atoms with van der Waals surface area (Å²) >= 11 is 0. The average Bonchev–Trinajstić information content (AvgIpc) is 2.74. The predicted octanol–water partition coefficient (Wildman–Crippen LogP) is 3.21. The molecule has 0 aliphatic carbocycles. The summed E-state index contributed by atoms with van der Waals surface area (Å²) in [6.07, 6.45) is 2.33. The van der Waals surface area contributed by atoms with E-state index < -0.39 is 5.41 Å². The first-order valence-electron chi connectivity index (χ1n) is 9.70. The van der Waals surface area contributed by atoms with Crippen molar-refractivity contribution in [2.75, 3.05) is 5.32 Å². The molecule has 0 radical (unpaired) electrons. The van der Waals surface area contributed by atoms with Crippen molar-refractivity contribution in [1.82, 2.24) is 5.32 Å². The first kappa shape index (κ1) is 20.3. The Labute approximate surface area is 169 Å². The fourth-order valence-electron chi connectivity index (χ4n) is 3.67. The van der Waals surface area contributed by atoms with Crippen molar-refractivity contribution in [2.45, 2.75) is 44.4 Å². The van der Waals surface area contributed by atoms with Crippen molar-refractivity contribution >= 4 is 23.4 Å². The lowest BCUT2D eigenvalue weighted by Crippen LogP contribution is -2.51. The minimum atomic E-state index is -0.702. The molecular formula is C23H23N3O3. The molecule has 1 heterocycles. The number of hydrogen-bond acceptors (Lipinski definition) is 4. The third-order valence-electron chi connectivity index (χ3n) is 5.52. The van der Waals surface area contributed by atoms with Gasteiger partial charge in [-0.25, -0.2) is 0 Å². The molecule has 1 saturated heterocycles. The molecule has 0 spiro atoms. The molecule has 29 heavy (non-hydrogen) atoms. The molecule has 0 aromatic heterocycles. The SMILES string of the molecule is CCC1(c2ccc(NC(=O)CCc3ccc(C#N)cc3)cc2)CCC(=O)NC1=O. The quantitative estimate of drug-likeness (QED) is 0.741. The maximum absolute atomic E-state index is 12.5. The van der Waals surface area contributed by atoms with Gasteiger partial charge < -0.3 is 5.32 Å². The van der Waals surface area contributed by atoms with E-state index in [4.69, 9.17) is 5.26 Å². The van der Waals surface area contributed by atoms with E-state index in [9.17, 15) is 14.4 Å². The highest BCUT2D eigenvalue weighted by atomic mass is 16.2. The first-order valence-corrected chi connectivity index (χ1v) is 9.70. The van der Waals surface area contributed by atoms with Crippen molar-refractivity contribution in [3.8, 4) is 6.07 Å². The Balaban J connectivity index is 1.61. The Morgan fingerprint density at radius 2 is 1.83 bits per heavy atom. The van der Waals surface area contributed by atoms with E-state index in [0.29, 0.717) is 43.4 Å². The molecule has 0 bridgehead atoms. The van der Waals surface area contributed by atoms with Crippen LogP contribution in [0.1, 0.15) is 49.3 Å². The number of benzene rings is 2. The average molecular weight is 389 g/mol. The van der Waals surface area contributed by atoms with Crippen LogP contribution in [0.25, 0.3) is 0 Å².